The van der Waals surface area contributed by atoms with E-state index < -0.39 is 47.2 Å². The highest BCUT2D eigenvalue weighted by atomic mass is 16.6. The van der Waals surface area contributed by atoms with Gasteiger partial charge in [-0.15, -0.1) is 0 Å². The molecule has 1 aliphatic rings. The molecule has 0 bridgehead atoms. The van der Waals surface area contributed by atoms with E-state index in [0.717, 1.165) is 16.7 Å². The van der Waals surface area contributed by atoms with E-state index in [4.69, 9.17) is 14.2 Å². The zero-order valence-electron chi connectivity index (χ0n) is 26.5. The molecule has 238 valence electrons. The van der Waals surface area contributed by atoms with Crippen LogP contribution in [0.2, 0.25) is 0 Å². The zero-order chi connectivity index (χ0) is 32.6. The maximum Gasteiger partial charge on any atom is 0.418 e. The summed E-state index contributed by atoms with van der Waals surface area (Å²) in [5, 5.41) is 2.66. The number of hydrogen-bond acceptors (Lipinski definition) is 7. The van der Waals surface area contributed by atoms with Crippen molar-refractivity contribution >= 4 is 24.1 Å². The molecule has 0 aliphatic carbocycles. The number of hydrogen-bond donors (Lipinski definition) is 1. The van der Waals surface area contributed by atoms with Crippen LogP contribution in [0.15, 0.2) is 91.0 Å². The average Bonchev–Trinajstić information content (AvgIpc) is 3.34. The van der Waals surface area contributed by atoms with Gasteiger partial charge in [0, 0.05) is 24.1 Å². The van der Waals surface area contributed by atoms with E-state index in [0.29, 0.717) is 0 Å². The lowest BCUT2D eigenvalue weighted by Gasteiger charge is -2.38. The lowest BCUT2D eigenvalue weighted by molar-refractivity contribution is -0.155. The van der Waals surface area contributed by atoms with Gasteiger partial charge in [0.05, 0.1) is 12.0 Å². The number of rotatable bonds is 11. The summed E-state index contributed by atoms with van der Waals surface area (Å²) in [7, 11) is 0. The summed E-state index contributed by atoms with van der Waals surface area (Å²) in [6, 6.07) is 27.2. The van der Waals surface area contributed by atoms with Gasteiger partial charge in [-0.2, -0.15) is 0 Å². The highest BCUT2D eigenvalue weighted by Gasteiger charge is 2.59. The Bertz CT molecular complexity index is 1410. The molecule has 1 N–H and O–H groups in total. The predicted molar refractivity (Wildman–Crippen MR) is 169 cm³/mol. The first-order valence-corrected chi connectivity index (χ1v) is 15.3. The summed E-state index contributed by atoms with van der Waals surface area (Å²) in [5.41, 5.74) is 0.282. The van der Waals surface area contributed by atoms with Crippen LogP contribution < -0.4 is 5.32 Å². The third-order valence-corrected chi connectivity index (χ3v) is 7.59. The molecule has 3 aromatic carbocycles. The monoisotopic (exact) mass is 614 g/mol. The fraction of sp³-hybridized carbons (Fsp3) is 0.389. The van der Waals surface area contributed by atoms with Crippen LogP contribution in [0.3, 0.4) is 0 Å². The summed E-state index contributed by atoms with van der Waals surface area (Å²) in [4.78, 5) is 54.7. The molecule has 2 atom stereocenters. The zero-order valence-corrected chi connectivity index (χ0v) is 26.5. The van der Waals surface area contributed by atoms with Gasteiger partial charge < -0.3 is 19.5 Å². The van der Waals surface area contributed by atoms with Gasteiger partial charge in [-0.1, -0.05) is 105 Å². The third kappa shape index (κ3) is 8.09. The van der Waals surface area contributed by atoms with Gasteiger partial charge in [0.25, 0.3) is 0 Å². The van der Waals surface area contributed by atoms with Crippen molar-refractivity contribution in [3.05, 3.63) is 108 Å². The van der Waals surface area contributed by atoms with E-state index in [1.165, 1.54) is 4.90 Å². The first-order valence-electron chi connectivity index (χ1n) is 15.3. The molecule has 0 saturated carbocycles. The maximum atomic E-state index is 14.4. The summed E-state index contributed by atoms with van der Waals surface area (Å²) >= 11 is 0. The predicted octanol–water partition coefficient (Wildman–Crippen LogP) is 6.60. The van der Waals surface area contributed by atoms with Crippen molar-refractivity contribution in [2.45, 2.75) is 71.3 Å². The molecule has 0 spiro atoms. The van der Waals surface area contributed by atoms with Crippen LogP contribution in [0, 0.1) is 11.8 Å². The van der Waals surface area contributed by atoms with Gasteiger partial charge in [0.1, 0.15) is 12.2 Å². The molecule has 9 heteroatoms. The Balaban J connectivity index is 1.63. The number of benzene rings is 3. The minimum Gasteiger partial charge on any atom is -0.460 e. The smallest absolute Gasteiger partial charge is 0.418 e. The third-order valence-electron chi connectivity index (χ3n) is 7.59. The molecule has 3 aromatic rings. The van der Waals surface area contributed by atoms with Gasteiger partial charge >= 0.3 is 18.2 Å². The van der Waals surface area contributed by atoms with Gasteiger partial charge in [0.2, 0.25) is 5.91 Å². The van der Waals surface area contributed by atoms with Crippen LogP contribution in [0.25, 0.3) is 0 Å². The van der Waals surface area contributed by atoms with Crippen molar-refractivity contribution in [3.63, 3.8) is 0 Å². The Morgan fingerprint density at radius 3 is 1.93 bits per heavy atom. The van der Waals surface area contributed by atoms with Crippen LogP contribution in [0.1, 0.15) is 64.2 Å². The van der Waals surface area contributed by atoms with Crippen molar-refractivity contribution in [2.75, 3.05) is 6.54 Å². The van der Waals surface area contributed by atoms with E-state index >= 15 is 0 Å². The van der Waals surface area contributed by atoms with Gasteiger partial charge in [-0.3, -0.25) is 9.59 Å². The Morgan fingerprint density at radius 2 is 1.42 bits per heavy atom. The van der Waals surface area contributed by atoms with Gasteiger partial charge in [-0.05, 0) is 38.7 Å². The van der Waals surface area contributed by atoms with Crippen LogP contribution in [0.4, 0.5) is 9.59 Å². The summed E-state index contributed by atoms with van der Waals surface area (Å²) in [6.07, 6.45) is -1.57. The second-order valence-electron chi connectivity index (χ2n) is 12.5. The Labute approximate surface area is 264 Å². The van der Waals surface area contributed by atoms with E-state index in [1.807, 2.05) is 105 Å². The lowest BCUT2D eigenvalue weighted by Crippen LogP contribution is -2.52. The standard InChI is InChI=1S/C36H42N2O7/c1-25(2)31-36(28-17-11-7-12-18-28,29-19-13-8-14-20-29)45-34(42)38(31)32(40)27(21-22-30(39)44-35(3,4)5)23-37-33(41)43-24-26-15-9-6-10-16-26/h6-20,25,27,31H,21-24H2,1-5H3,(H,37,41)/t27-,31+/m0/s1. The van der Waals surface area contributed by atoms with Crippen molar-refractivity contribution in [1.82, 2.24) is 10.2 Å². The summed E-state index contributed by atoms with van der Waals surface area (Å²) < 4.78 is 17.1. The van der Waals surface area contributed by atoms with Crippen LogP contribution >= 0.6 is 0 Å². The number of amides is 3. The Morgan fingerprint density at radius 1 is 0.889 bits per heavy atom. The van der Waals surface area contributed by atoms with Crippen LogP contribution in [-0.4, -0.2) is 47.2 Å². The number of alkyl carbamates (subject to hydrolysis) is 1. The van der Waals surface area contributed by atoms with E-state index in [1.54, 1.807) is 20.8 Å². The van der Waals surface area contributed by atoms with Crippen molar-refractivity contribution in [2.24, 2.45) is 11.8 Å². The van der Waals surface area contributed by atoms with Gasteiger partial charge in [0.15, 0.2) is 5.60 Å². The molecule has 0 unspecified atom stereocenters. The number of nitrogens with zero attached hydrogens (tertiary/aromatic N) is 1. The molecular formula is C36H42N2O7. The van der Waals surface area contributed by atoms with Crippen molar-refractivity contribution < 1.29 is 33.4 Å². The molecular weight excluding hydrogens is 572 g/mol. The number of ether oxygens (including phenoxy) is 3. The molecule has 45 heavy (non-hydrogen) atoms. The normalized spacial score (nSPS) is 16.5. The number of carbonyl (C=O) groups is 4. The maximum absolute atomic E-state index is 14.4. The first kappa shape index (κ1) is 33.2. The number of carbonyl (C=O) groups excluding carboxylic acids is 4. The van der Waals surface area contributed by atoms with Crippen LogP contribution in [0.5, 0.6) is 0 Å². The van der Waals surface area contributed by atoms with Crippen molar-refractivity contribution in [1.29, 1.82) is 0 Å². The Hall–Kier alpha value is -4.66. The molecule has 9 nitrogen and oxygen atoms in total. The number of imide groups is 1. The minimum atomic E-state index is -1.28. The molecule has 3 amide bonds. The highest BCUT2D eigenvalue weighted by Crippen LogP contribution is 2.47. The number of nitrogens with one attached hydrogen (secondary N) is 1. The molecule has 1 saturated heterocycles. The number of cyclic esters (lactones) is 1. The SMILES string of the molecule is CC(C)[C@H]1N(C(=O)[C@@H](CCC(=O)OC(C)(C)C)CNC(=O)OCc2ccccc2)C(=O)OC1(c1ccccc1)c1ccccc1. The lowest BCUT2D eigenvalue weighted by atomic mass is 9.75. The minimum absolute atomic E-state index is 0.0327. The van der Waals surface area contributed by atoms with Gasteiger partial charge in [-0.25, -0.2) is 14.5 Å². The number of esters is 1. The molecule has 0 radical (unpaired) electrons. The quantitative estimate of drug-likeness (QED) is 0.191. The van der Waals surface area contributed by atoms with E-state index in [2.05, 4.69) is 5.32 Å². The summed E-state index contributed by atoms with van der Waals surface area (Å²) in [5.74, 6) is -2.22. The fourth-order valence-electron chi connectivity index (χ4n) is 5.71. The van der Waals surface area contributed by atoms with E-state index in [-0.39, 0.29) is 31.9 Å². The molecule has 1 fully saturated rings. The molecule has 4 rings (SSSR count). The van der Waals surface area contributed by atoms with Crippen molar-refractivity contribution in [3.8, 4) is 0 Å². The second kappa shape index (κ2) is 14.4. The fourth-order valence-corrected chi connectivity index (χ4v) is 5.71. The largest absolute Gasteiger partial charge is 0.460 e. The first-order chi connectivity index (χ1) is 21.4. The molecule has 1 aliphatic heterocycles. The summed E-state index contributed by atoms with van der Waals surface area (Å²) in [6.45, 7) is 9.04. The average molecular weight is 615 g/mol. The second-order valence-corrected chi connectivity index (χ2v) is 12.5. The molecule has 0 aromatic heterocycles. The topological polar surface area (TPSA) is 111 Å². The molecule has 1 heterocycles. The Kier molecular flexibility index (Phi) is 10.6. The van der Waals surface area contributed by atoms with E-state index in [9.17, 15) is 19.2 Å². The van der Waals surface area contributed by atoms with Crippen LogP contribution in [-0.2, 0) is 36.0 Å². The highest BCUT2D eigenvalue weighted by molar-refractivity contribution is 5.96.